The monoisotopic (exact) mass is 471 g/mol. The van der Waals surface area contributed by atoms with Crippen molar-refractivity contribution in [2.24, 2.45) is 5.41 Å². The topological polar surface area (TPSA) is 96.4 Å². The molecule has 7 nitrogen and oxygen atoms in total. The van der Waals surface area contributed by atoms with Crippen molar-refractivity contribution < 1.29 is 19.2 Å². The Balaban J connectivity index is 1.42. The van der Waals surface area contributed by atoms with E-state index < -0.39 is 23.3 Å². The smallest absolute Gasteiger partial charge is 0.324 e. The number of nitrogens with one attached hydrogen (secondary N) is 1. The predicted octanol–water partition coefficient (Wildman–Crippen LogP) is 3.72. The zero-order valence-corrected chi connectivity index (χ0v) is 20.3. The number of carbonyl (C=O) groups excluding carboxylic acids is 4. The van der Waals surface area contributed by atoms with Gasteiger partial charge >= 0.3 is 6.03 Å². The largest absolute Gasteiger partial charge is 0.324 e. The van der Waals surface area contributed by atoms with E-state index in [9.17, 15) is 19.2 Å². The van der Waals surface area contributed by atoms with E-state index in [1.807, 2.05) is 26.0 Å². The third kappa shape index (κ3) is 5.02. The molecule has 2 aliphatic rings. The first-order valence-corrected chi connectivity index (χ1v) is 11.8. The number of aryl methyl sites for hydroxylation is 2. The fourth-order valence-corrected chi connectivity index (χ4v) is 5.43. The number of aromatic nitrogens is 1. The number of piperidine rings is 1. The molecule has 1 aromatic heterocycles. The van der Waals surface area contributed by atoms with Gasteiger partial charge in [0.2, 0.25) is 0 Å². The number of benzene rings is 1. The van der Waals surface area contributed by atoms with Crippen molar-refractivity contribution >= 4 is 23.5 Å². The summed E-state index contributed by atoms with van der Waals surface area (Å²) < 4.78 is 0. The minimum Gasteiger partial charge on any atom is -0.324 e. The Hall–Kier alpha value is -3.79. The van der Waals surface area contributed by atoms with Crippen molar-refractivity contribution in [2.45, 2.75) is 52.4 Å². The average molecular weight is 472 g/mol. The maximum atomic E-state index is 13.3. The summed E-state index contributed by atoms with van der Waals surface area (Å²) in [5.41, 5.74) is 3.25. The minimum absolute atomic E-state index is 0.0509. The maximum absolute atomic E-state index is 13.3. The molecule has 1 spiro atoms. The van der Waals surface area contributed by atoms with Crippen LogP contribution in [0.2, 0.25) is 0 Å². The predicted molar refractivity (Wildman–Crippen MR) is 131 cm³/mol. The summed E-state index contributed by atoms with van der Waals surface area (Å²) in [6, 6.07) is 8.30. The van der Waals surface area contributed by atoms with E-state index in [0.29, 0.717) is 38.8 Å². The number of carbonyl (C=O) groups is 4. The molecule has 7 heteroatoms. The molecule has 1 saturated carbocycles. The number of nitrogens with zero attached hydrogens (tertiary/aromatic N) is 2. The fraction of sp³-hybridized carbons (Fsp3) is 0.393. The Morgan fingerprint density at radius 3 is 2.23 bits per heavy atom. The van der Waals surface area contributed by atoms with Crippen LogP contribution in [0.4, 0.5) is 4.79 Å². The molecule has 1 aromatic carbocycles. The highest BCUT2D eigenvalue weighted by molar-refractivity contribution is 6.10. The van der Waals surface area contributed by atoms with Crippen LogP contribution in [0.1, 0.15) is 71.3 Å². The van der Waals surface area contributed by atoms with Crippen molar-refractivity contribution in [1.82, 2.24) is 15.2 Å². The second-order valence-corrected chi connectivity index (χ2v) is 9.58. The van der Waals surface area contributed by atoms with Crippen molar-refractivity contribution in [3.8, 4) is 11.8 Å². The van der Waals surface area contributed by atoms with Gasteiger partial charge in [-0.1, -0.05) is 12.0 Å². The first kappa shape index (κ1) is 24.3. The maximum Gasteiger partial charge on any atom is 0.324 e. The number of urea groups is 1. The van der Waals surface area contributed by atoms with Crippen LogP contribution in [0, 0.1) is 31.1 Å². The Labute approximate surface area is 205 Å². The second kappa shape index (κ2) is 9.83. The van der Waals surface area contributed by atoms with Gasteiger partial charge < -0.3 is 4.90 Å². The molecular formula is C28H29N3O4. The molecule has 0 bridgehead atoms. The van der Waals surface area contributed by atoms with Crippen LogP contribution in [-0.2, 0) is 9.59 Å². The Morgan fingerprint density at radius 2 is 1.69 bits per heavy atom. The lowest BCUT2D eigenvalue weighted by Gasteiger charge is -2.44. The van der Waals surface area contributed by atoms with Crippen LogP contribution in [0.5, 0.6) is 0 Å². The first-order valence-electron chi connectivity index (χ1n) is 11.8. The van der Waals surface area contributed by atoms with E-state index in [1.54, 1.807) is 24.0 Å². The van der Waals surface area contributed by atoms with E-state index >= 15 is 0 Å². The highest BCUT2D eigenvalue weighted by atomic mass is 16.2. The molecule has 35 heavy (non-hydrogen) atoms. The summed E-state index contributed by atoms with van der Waals surface area (Å²) in [6.45, 7) is 6.40. The zero-order chi connectivity index (χ0) is 25.2. The van der Waals surface area contributed by atoms with E-state index in [0.717, 1.165) is 22.3 Å². The number of rotatable bonds is 2. The van der Waals surface area contributed by atoms with Gasteiger partial charge in [-0.3, -0.25) is 24.7 Å². The highest BCUT2D eigenvalue weighted by Gasteiger charge is 2.47. The highest BCUT2D eigenvalue weighted by Crippen LogP contribution is 2.46. The molecule has 0 radical (unpaired) electrons. The molecule has 2 fully saturated rings. The molecule has 180 valence electrons. The van der Waals surface area contributed by atoms with E-state index in [2.05, 4.69) is 22.1 Å². The molecule has 1 saturated heterocycles. The molecule has 3 amide bonds. The Morgan fingerprint density at radius 1 is 1.06 bits per heavy atom. The molecule has 1 N–H and O–H groups in total. The fourth-order valence-electron chi connectivity index (χ4n) is 5.43. The van der Waals surface area contributed by atoms with Gasteiger partial charge in [0.25, 0.3) is 5.91 Å². The second-order valence-electron chi connectivity index (χ2n) is 9.58. The van der Waals surface area contributed by atoms with Crippen molar-refractivity contribution in [3.63, 3.8) is 0 Å². The van der Waals surface area contributed by atoms with Gasteiger partial charge in [-0.25, -0.2) is 4.79 Å². The lowest BCUT2D eigenvalue weighted by molar-refractivity contribution is -0.138. The van der Waals surface area contributed by atoms with E-state index in [-0.39, 0.29) is 17.3 Å². The number of imide groups is 1. The summed E-state index contributed by atoms with van der Waals surface area (Å²) in [5.74, 6) is 4.54. The van der Waals surface area contributed by atoms with Crippen LogP contribution in [0.3, 0.4) is 0 Å². The summed E-state index contributed by atoms with van der Waals surface area (Å²) in [4.78, 5) is 57.0. The van der Waals surface area contributed by atoms with Crippen molar-refractivity contribution in [3.05, 3.63) is 64.5 Å². The van der Waals surface area contributed by atoms with Crippen molar-refractivity contribution in [1.29, 1.82) is 0 Å². The molecule has 4 rings (SSSR count). The van der Waals surface area contributed by atoms with Crippen LogP contribution in [0.25, 0.3) is 0 Å². The molecule has 1 aliphatic carbocycles. The summed E-state index contributed by atoms with van der Waals surface area (Å²) in [5, 5.41) is 2.37. The number of hydrogen-bond donors (Lipinski definition) is 1. The van der Waals surface area contributed by atoms with Gasteiger partial charge in [-0.05, 0) is 80.0 Å². The number of likely N-dealkylation sites (tertiary alicyclic amines) is 1. The summed E-state index contributed by atoms with van der Waals surface area (Å²) in [7, 11) is 0. The quantitative estimate of drug-likeness (QED) is 0.532. The lowest BCUT2D eigenvalue weighted by Crippen LogP contribution is -2.51. The number of ketones is 2. The van der Waals surface area contributed by atoms with Gasteiger partial charge in [0.1, 0.15) is 23.2 Å². The van der Waals surface area contributed by atoms with E-state index in [1.165, 1.54) is 12.3 Å². The lowest BCUT2D eigenvalue weighted by atomic mass is 9.62. The Bertz CT molecular complexity index is 1200. The molecule has 1 aliphatic heterocycles. The molecule has 2 heterocycles. The van der Waals surface area contributed by atoms with Gasteiger partial charge in [-0.2, -0.15) is 0 Å². The molecular weight excluding hydrogens is 442 g/mol. The first-order chi connectivity index (χ1) is 16.7. The third-order valence-electron chi connectivity index (χ3n) is 7.12. The zero-order valence-electron chi connectivity index (χ0n) is 20.3. The van der Waals surface area contributed by atoms with Gasteiger partial charge in [0.05, 0.1) is 0 Å². The van der Waals surface area contributed by atoms with Crippen LogP contribution in [-0.4, -0.2) is 46.5 Å². The number of Topliss-reactive ketones (excluding diaryl/α,β-unsaturated/α-hetero) is 2. The van der Waals surface area contributed by atoms with Gasteiger partial charge in [0, 0.05) is 37.7 Å². The van der Waals surface area contributed by atoms with Crippen LogP contribution >= 0.6 is 0 Å². The van der Waals surface area contributed by atoms with Crippen LogP contribution < -0.4 is 5.32 Å². The Kier molecular flexibility index (Phi) is 6.83. The van der Waals surface area contributed by atoms with Gasteiger partial charge in [0.15, 0.2) is 0 Å². The van der Waals surface area contributed by atoms with Crippen LogP contribution in [0.15, 0.2) is 36.5 Å². The minimum atomic E-state index is -0.735. The third-order valence-corrected chi connectivity index (χ3v) is 7.12. The number of pyridine rings is 1. The van der Waals surface area contributed by atoms with Gasteiger partial charge in [-0.15, -0.1) is 5.92 Å². The number of amides is 3. The average Bonchev–Trinajstić information content (AvgIpc) is 2.81. The normalized spacial score (nSPS) is 17.6. The number of hydrogen-bond acceptors (Lipinski definition) is 5. The molecule has 0 unspecified atom stereocenters. The van der Waals surface area contributed by atoms with Crippen molar-refractivity contribution in [2.75, 3.05) is 13.1 Å². The summed E-state index contributed by atoms with van der Waals surface area (Å²) in [6.07, 6.45) is 3.23. The van der Waals surface area contributed by atoms with E-state index in [4.69, 9.17) is 0 Å². The molecule has 2 aromatic rings. The molecule has 0 atom stereocenters. The summed E-state index contributed by atoms with van der Waals surface area (Å²) >= 11 is 0. The SMILES string of the molecule is CC#Cc1cc(C)c(C2C(=O)CC3(CCN(C(=O)NC(=O)c4ccccn4)CC3)CC2=O)c(C)c1. The standard InChI is InChI=1S/C28H29N3O4/c1-4-7-20-14-18(2)24(19(3)15-20)25-22(32)16-28(17-23(25)33)9-12-31(13-10-28)27(35)30-26(34)21-8-5-6-11-29-21/h5-6,8,11,14-15,25H,9-10,12-13,16-17H2,1-3H3,(H,30,34,35).